The molecule has 0 fully saturated rings. The first-order valence-corrected chi connectivity index (χ1v) is 13.1. The van der Waals surface area contributed by atoms with Crippen LogP contribution in [0.15, 0.2) is 48.5 Å². The number of benzene rings is 2. The van der Waals surface area contributed by atoms with Crippen molar-refractivity contribution in [2.24, 2.45) is 21.7 Å². The molecule has 2 rings (SSSR count). The van der Waals surface area contributed by atoms with Gasteiger partial charge in [-0.05, 0) is 43.9 Å². The fraction of sp³-hybridized carbons (Fsp3) is 0.600. The number of hydrogen-bond donors (Lipinski definition) is 0. The first-order valence-electron chi connectivity index (χ1n) is 12.0. The lowest BCUT2D eigenvalue weighted by atomic mass is 9.55. The normalized spacial score (nSPS) is 14.6. The predicted octanol–water partition coefficient (Wildman–Crippen LogP) is 9.68. The molecule has 0 aliphatic carbocycles. The van der Waals surface area contributed by atoms with E-state index in [-0.39, 0.29) is 32.0 Å². The summed E-state index contributed by atoms with van der Waals surface area (Å²) in [5.74, 6) is 0. The minimum Gasteiger partial charge on any atom is -0.125 e. The molecule has 32 heavy (non-hydrogen) atoms. The second-order valence-corrected chi connectivity index (χ2v) is 15.4. The van der Waals surface area contributed by atoms with E-state index in [9.17, 15) is 0 Å². The summed E-state index contributed by atoms with van der Waals surface area (Å²) in [6, 6.07) is 18.0. The molecule has 0 nitrogen and oxygen atoms in total. The first kappa shape index (κ1) is 27.5. The number of hydrogen-bond acceptors (Lipinski definition) is 0. The van der Waals surface area contributed by atoms with Crippen LogP contribution >= 0.6 is 18.5 Å². The summed E-state index contributed by atoms with van der Waals surface area (Å²) in [7, 11) is 6.72. The molecule has 0 aromatic heterocycles. The maximum absolute atomic E-state index is 3.37. The van der Waals surface area contributed by atoms with Crippen molar-refractivity contribution in [3.8, 4) is 11.1 Å². The van der Waals surface area contributed by atoms with Gasteiger partial charge in [0.15, 0.2) is 0 Å². The highest BCUT2D eigenvalue weighted by Crippen LogP contribution is 2.66. The maximum Gasteiger partial charge on any atom is 0.0203 e. The topological polar surface area (TPSA) is 0 Å². The summed E-state index contributed by atoms with van der Waals surface area (Å²) in [6.45, 7) is 28.7. The van der Waals surface area contributed by atoms with Gasteiger partial charge in [0.2, 0.25) is 0 Å². The summed E-state index contributed by atoms with van der Waals surface area (Å²) in [5, 5.41) is -0.279. The average molecular weight is 471 g/mol. The van der Waals surface area contributed by atoms with Gasteiger partial charge in [-0.1, -0.05) is 132 Å². The fourth-order valence-corrected chi connectivity index (χ4v) is 6.52. The van der Waals surface area contributed by atoms with Crippen LogP contribution in [0, 0.1) is 21.7 Å². The Morgan fingerprint density at radius 2 is 0.875 bits per heavy atom. The molecule has 178 valence electrons. The van der Waals surface area contributed by atoms with Gasteiger partial charge < -0.3 is 0 Å². The molecule has 0 saturated heterocycles. The van der Waals surface area contributed by atoms with E-state index in [4.69, 9.17) is 0 Å². The van der Waals surface area contributed by atoms with E-state index in [1.807, 2.05) is 0 Å². The van der Waals surface area contributed by atoms with Gasteiger partial charge >= 0.3 is 0 Å². The molecule has 0 saturated carbocycles. The van der Waals surface area contributed by atoms with E-state index < -0.39 is 0 Å². The first-order chi connectivity index (χ1) is 14.2. The Kier molecular flexibility index (Phi) is 7.32. The average Bonchev–Trinajstić information content (AvgIpc) is 2.63. The predicted molar refractivity (Wildman–Crippen MR) is 152 cm³/mol. The second kappa shape index (κ2) is 8.51. The Labute approximate surface area is 204 Å². The minimum atomic E-state index is -0.153. The van der Waals surface area contributed by atoms with Crippen LogP contribution in [-0.4, -0.2) is 0 Å². The molecular formula is C30H48P2. The van der Waals surface area contributed by atoms with Crippen LogP contribution in [0.1, 0.15) is 94.2 Å². The van der Waals surface area contributed by atoms with E-state index in [0.717, 1.165) is 0 Å². The van der Waals surface area contributed by atoms with Crippen molar-refractivity contribution in [3.63, 3.8) is 0 Å². The van der Waals surface area contributed by atoms with Crippen LogP contribution in [0.5, 0.6) is 0 Å². The van der Waals surface area contributed by atoms with E-state index >= 15 is 0 Å². The summed E-state index contributed by atoms with van der Waals surface area (Å²) in [6.07, 6.45) is 0. The quantitative estimate of drug-likeness (QED) is 0.392. The highest BCUT2D eigenvalue weighted by Gasteiger charge is 2.55. The molecule has 0 bridgehead atoms. The summed E-state index contributed by atoms with van der Waals surface area (Å²) in [5.41, 5.74) is 5.69. The van der Waals surface area contributed by atoms with Crippen LogP contribution < -0.4 is 0 Å². The molecule has 0 aliphatic heterocycles. The molecule has 2 atom stereocenters. The zero-order valence-corrected chi connectivity index (χ0v) is 25.1. The van der Waals surface area contributed by atoms with Crippen LogP contribution in [0.25, 0.3) is 11.1 Å². The highest BCUT2D eigenvalue weighted by atomic mass is 31.0. The van der Waals surface area contributed by atoms with Gasteiger partial charge in [0.25, 0.3) is 0 Å². The fourth-order valence-electron chi connectivity index (χ4n) is 5.97. The highest BCUT2D eigenvalue weighted by molar-refractivity contribution is 7.19. The summed E-state index contributed by atoms with van der Waals surface area (Å²) < 4.78 is 0. The van der Waals surface area contributed by atoms with Crippen LogP contribution in [-0.2, 0) is 10.3 Å². The molecule has 0 radical (unpaired) electrons. The molecular weight excluding hydrogens is 422 g/mol. The van der Waals surface area contributed by atoms with Gasteiger partial charge in [-0.3, -0.25) is 0 Å². The van der Waals surface area contributed by atoms with Gasteiger partial charge in [-0.25, -0.2) is 0 Å². The zero-order chi connectivity index (χ0) is 25.0. The Morgan fingerprint density at radius 3 is 1.25 bits per heavy atom. The third-order valence-corrected chi connectivity index (χ3v) is 11.8. The van der Waals surface area contributed by atoms with Gasteiger partial charge in [-0.2, -0.15) is 0 Å². The standard InChI is InChI=1S/C30H48P2/c1-25(2,3)29(31,26(4,5)6)23-20-16-19-22(21-17-14-13-15-18-21)24(23)30(32,27(7,8)9)28(10,11)12/h13-20H,31-32H2,1-12H3. The van der Waals surface area contributed by atoms with Crippen LogP contribution in [0.2, 0.25) is 0 Å². The Morgan fingerprint density at radius 1 is 0.469 bits per heavy atom. The van der Waals surface area contributed by atoms with E-state index in [2.05, 4.69) is 150 Å². The summed E-state index contributed by atoms with van der Waals surface area (Å²) in [4.78, 5) is 0. The lowest BCUT2D eigenvalue weighted by molar-refractivity contribution is 0.118. The van der Waals surface area contributed by atoms with Gasteiger partial charge in [0.05, 0.1) is 0 Å². The molecule has 2 aromatic rings. The van der Waals surface area contributed by atoms with Gasteiger partial charge in [-0.15, -0.1) is 18.5 Å². The molecule has 0 N–H and O–H groups in total. The van der Waals surface area contributed by atoms with Crippen molar-refractivity contribution in [1.29, 1.82) is 0 Å². The smallest absolute Gasteiger partial charge is 0.0203 e. The molecule has 0 amide bonds. The lowest BCUT2D eigenvalue weighted by Gasteiger charge is -2.58. The molecule has 2 unspecified atom stereocenters. The SMILES string of the molecule is CC(C)(C)C(P)(c1cccc(-c2ccccc2)c1C(P)(C(C)(C)C)C(C)(C)C)C(C)(C)C. The Balaban J connectivity index is 3.22. The van der Waals surface area contributed by atoms with Crippen molar-refractivity contribution in [1.82, 2.24) is 0 Å². The third-order valence-electron chi connectivity index (χ3n) is 7.70. The summed E-state index contributed by atoms with van der Waals surface area (Å²) >= 11 is 0. The third kappa shape index (κ3) is 4.37. The van der Waals surface area contributed by atoms with Crippen molar-refractivity contribution >= 4 is 18.5 Å². The lowest BCUT2D eigenvalue weighted by Crippen LogP contribution is -2.51. The van der Waals surface area contributed by atoms with Crippen molar-refractivity contribution < 1.29 is 0 Å². The van der Waals surface area contributed by atoms with Crippen molar-refractivity contribution in [2.45, 2.75) is 93.4 Å². The van der Waals surface area contributed by atoms with Crippen molar-refractivity contribution in [3.05, 3.63) is 59.7 Å². The molecule has 2 aromatic carbocycles. The van der Waals surface area contributed by atoms with Gasteiger partial charge in [0.1, 0.15) is 0 Å². The van der Waals surface area contributed by atoms with Crippen LogP contribution in [0.3, 0.4) is 0 Å². The van der Waals surface area contributed by atoms with Crippen LogP contribution in [0.4, 0.5) is 0 Å². The molecule has 0 spiro atoms. The maximum atomic E-state index is 3.37. The molecule has 0 heterocycles. The Hall–Kier alpha value is -0.700. The monoisotopic (exact) mass is 470 g/mol. The van der Waals surface area contributed by atoms with Gasteiger partial charge in [0, 0.05) is 10.3 Å². The minimum absolute atomic E-state index is 0.0247. The molecule has 2 heteroatoms. The largest absolute Gasteiger partial charge is 0.125 e. The van der Waals surface area contributed by atoms with Crippen molar-refractivity contribution in [2.75, 3.05) is 0 Å². The molecule has 0 aliphatic rings. The van der Waals surface area contributed by atoms with E-state index in [0.29, 0.717) is 0 Å². The van der Waals surface area contributed by atoms with E-state index in [1.54, 1.807) is 0 Å². The second-order valence-electron chi connectivity index (χ2n) is 13.7. The Bertz CT molecular complexity index is 898. The van der Waals surface area contributed by atoms with E-state index in [1.165, 1.54) is 22.3 Å². The zero-order valence-electron chi connectivity index (χ0n) is 22.8. The number of rotatable bonds is 3.